The summed E-state index contributed by atoms with van der Waals surface area (Å²) in [6, 6.07) is 6.89. The van der Waals surface area contributed by atoms with E-state index in [1.165, 1.54) is 6.92 Å². The van der Waals surface area contributed by atoms with Gasteiger partial charge in [-0.3, -0.25) is 14.4 Å². The highest BCUT2D eigenvalue weighted by Gasteiger charge is 2.20. The summed E-state index contributed by atoms with van der Waals surface area (Å²) in [4.78, 5) is 37.8. The van der Waals surface area contributed by atoms with E-state index in [2.05, 4.69) is 19.2 Å². The molecule has 1 amide bonds. The Hall–Kier alpha value is -2.89. The summed E-state index contributed by atoms with van der Waals surface area (Å²) in [6.07, 6.45) is 4.31. The lowest BCUT2D eigenvalue weighted by Gasteiger charge is -2.19. The molecule has 0 aliphatic rings. The number of pyridine rings is 1. The molecule has 0 bridgehead atoms. The Kier molecular flexibility index (Phi) is 8.39. The predicted octanol–water partition coefficient (Wildman–Crippen LogP) is 4.65. The van der Waals surface area contributed by atoms with E-state index in [9.17, 15) is 14.4 Å². The molecular weight excluding hydrogens is 380 g/mol. The second-order valence-corrected chi connectivity index (χ2v) is 7.44. The zero-order chi connectivity index (χ0) is 22.3. The number of ether oxygens (including phenoxy) is 1. The molecular formula is C24H32N2O4. The second-order valence-electron chi connectivity index (χ2n) is 7.44. The third-order valence-electron chi connectivity index (χ3n) is 5.06. The van der Waals surface area contributed by atoms with Crippen LogP contribution in [0.15, 0.2) is 29.1 Å². The summed E-state index contributed by atoms with van der Waals surface area (Å²) in [7, 11) is 0. The van der Waals surface area contributed by atoms with Crippen LogP contribution in [-0.4, -0.2) is 16.4 Å². The highest BCUT2D eigenvalue weighted by atomic mass is 16.5. The Morgan fingerprint density at radius 1 is 1.13 bits per heavy atom. The molecule has 0 aliphatic carbocycles. The Labute approximate surface area is 178 Å². The van der Waals surface area contributed by atoms with Crippen LogP contribution in [0.25, 0.3) is 0 Å². The van der Waals surface area contributed by atoms with Crippen molar-refractivity contribution in [2.75, 3.05) is 5.32 Å². The Bertz CT molecular complexity index is 976. The normalized spacial score (nSPS) is 10.7. The maximum atomic E-state index is 13.2. The average molecular weight is 413 g/mol. The summed E-state index contributed by atoms with van der Waals surface area (Å²) in [5.41, 5.74) is 3.01. The van der Waals surface area contributed by atoms with Gasteiger partial charge in [0.05, 0.1) is 5.69 Å². The van der Waals surface area contributed by atoms with Crippen molar-refractivity contribution in [3.05, 3.63) is 57.0 Å². The van der Waals surface area contributed by atoms with Crippen LogP contribution in [0.2, 0.25) is 0 Å². The maximum Gasteiger partial charge on any atom is 0.308 e. The lowest BCUT2D eigenvalue weighted by molar-refractivity contribution is -0.131. The van der Waals surface area contributed by atoms with Gasteiger partial charge in [-0.1, -0.05) is 45.7 Å². The zero-order valence-corrected chi connectivity index (χ0v) is 18.6. The number of aromatic nitrogens is 1. The molecule has 0 spiro atoms. The first kappa shape index (κ1) is 23.4. The van der Waals surface area contributed by atoms with E-state index in [-0.39, 0.29) is 16.9 Å². The highest BCUT2D eigenvalue weighted by Crippen LogP contribution is 2.28. The molecule has 0 saturated carbocycles. The number of anilines is 1. The molecule has 0 radical (unpaired) electrons. The van der Waals surface area contributed by atoms with Gasteiger partial charge in [0.15, 0.2) is 5.75 Å². The number of amides is 1. The predicted molar refractivity (Wildman–Crippen MR) is 119 cm³/mol. The number of carbonyl (C=O) groups is 2. The molecule has 1 N–H and O–H groups in total. The molecule has 0 aliphatic heterocycles. The van der Waals surface area contributed by atoms with Crippen molar-refractivity contribution < 1.29 is 14.3 Å². The highest BCUT2D eigenvalue weighted by molar-refractivity contribution is 6.05. The Balaban J connectivity index is 2.53. The quantitative estimate of drug-likeness (QED) is 0.480. The monoisotopic (exact) mass is 412 g/mol. The van der Waals surface area contributed by atoms with Crippen LogP contribution < -0.4 is 15.6 Å². The van der Waals surface area contributed by atoms with Gasteiger partial charge < -0.3 is 14.6 Å². The molecule has 2 aromatic rings. The Morgan fingerprint density at radius 3 is 2.47 bits per heavy atom. The van der Waals surface area contributed by atoms with Gasteiger partial charge >= 0.3 is 5.97 Å². The number of unbranched alkanes of at least 4 members (excludes halogenated alkanes) is 1. The number of hydrogen-bond acceptors (Lipinski definition) is 4. The largest absolute Gasteiger partial charge is 0.424 e. The number of para-hydroxylation sites is 1. The van der Waals surface area contributed by atoms with Crippen LogP contribution in [0.3, 0.4) is 0 Å². The van der Waals surface area contributed by atoms with Gasteiger partial charge in [-0.2, -0.15) is 0 Å². The fourth-order valence-electron chi connectivity index (χ4n) is 3.54. The molecule has 6 heteroatoms. The summed E-state index contributed by atoms with van der Waals surface area (Å²) < 4.78 is 7.00. The molecule has 0 fully saturated rings. The van der Waals surface area contributed by atoms with Crippen molar-refractivity contribution in [2.24, 2.45) is 0 Å². The van der Waals surface area contributed by atoms with Crippen LogP contribution in [0, 0.1) is 6.92 Å². The SMILES string of the molecule is CCCCn1c(CCC)c(CC)cc(C(=O)Nc2c(C)cccc2OC(C)=O)c1=O. The molecule has 162 valence electrons. The minimum absolute atomic E-state index is 0.111. The van der Waals surface area contributed by atoms with E-state index in [0.717, 1.165) is 48.9 Å². The maximum absolute atomic E-state index is 13.2. The standard InChI is InChI=1S/C24H32N2O4/c1-6-9-14-26-20(11-7-2)18(8-3)15-19(24(26)29)23(28)25-22-16(4)12-10-13-21(22)30-17(5)27/h10,12-13,15H,6-9,11,14H2,1-5H3,(H,25,28). The number of hydrogen-bond donors (Lipinski definition) is 1. The van der Waals surface area contributed by atoms with E-state index in [1.54, 1.807) is 22.8 Å². The van der Waals surface area contributed by atoms with E-state index in [4.69, 9.17) is 4.74 Å². The van der Waals surface area contributed by atoms with Crippen LogP contribution in [0.1, 0.15) is 74.1 Å². The van der Waals surface area contributed by atoms with Gasteiger partial charge in [0.25, 0.3) is 11.5 Å². The Morgan fingerprint density at radius 2 is 1.87 bits per heavy atom. The minimum atomic E-state index is -0.495. The summed E-state index contributed by atoms with van der Waals surface area (Å²) in [6.45, 7) is 9.91. The lowest BCUT2D eigenvalue weighted by atomic mass is 10.0. The van der Waals surface area contributed by atoms with Crippen molar-refractivity contribution in [1.82, 2.24) is 4.57 Å². The van der Waals surface area contributed by atoms with Crippen LogP contribution in [0.5, 0.6) is 5.75 Å². The van der Waals surface area contributed by atoms with Gasteiger partial charge in [0, 0.05) is 19.2 Å². The molecule has 1 aromatic carbocycles. The van der Waals surface area contributed by atoms with E-state index >= 15 is 0 Å². The number of carbonyl (C=O) groups excluding carboxylic acids is 2. The van der Waals surface area contributed by atoms with Crippen LogP contribution in [-0.2, 0) is 24.2 Å². The molecule has 1 heterocycles. The molecule has 6 nitrogen and oxygen atoms in total. The minimum Gasteiger partial charge on any atom is -0.424 e. The van der Waals surface area contributed by atoms with Gasteiger partial charge in [0.1, 0.15) is 5.56 Å². The number of nitrogens with zero attached hydrogens (tertiary/aromatic N) is 1. The number of rotatable bonds is 9. The fraction of sp³-hybridized carbons (Fsp3) is 0.458. The smallest absolute Gasteiger partial charge is 0.308 e. The molecule has 0 unspecified atom stereocenters. The fourth-order valence-corrected chi connectivity index (χ4v) is 3.54. The topological polar surface area (TPSA) is 77.4 Å². The first-order chi connectivity index (χ1) is 14.3. The van der Waals surface area contributed by atoms with Crippen molar-refractivity contribution in [3.63, 3.8) is 0 Å². The van der Waals surface area contributed by atoms with Crippen molar-refractivity contribution >= 4 is 17.6 Å². The summed E-state index contributed by atoms with van der Waals surface area (Å²) >= 11 is 0. The molecule has 30 heavy (non-hydrogen) atoms. The average Bonchev–Trinajstić information content (AvgIpc) is 2.70. The second kappa shape index (κ2) is 10.8. The number of benzene rings is 1. The van der Waals surface area contributed by atoms with E-state index in [1.807, 2.05) is 19.9 Å². The number of esters is 1. The van der Waals surface area contributed by atoms with Crippen molar-refractivity contribution in [2.45, 2.75) is 73.3 Å². The van der Waals surface area contributed by atoms with E-state index < -0.39 is 11.9 Å². The first-order valence-corrected chi connectivity index (χ1v) is 10.7. The first-order valence-electron chi connectivity index (χ1n) is 10.7. The third kappa shape index (κ3) is 5.38. The van der Waals surface area contributed by atoms with Crippen LogP contribution in [0.4, 0.5) is 5.69 Å². The summed E-state index contributed by atoms with van der Waals surface area (Å²) in [5, 5.41) is 2.80. The van der Waals surface area contributed by atoms with Crippen molar-refractivity contribution in [3.8, 4) is 5.75 Å². The molecule has 0 saturated heterocycles. The third-order valence-corrected chi connectivity index (χ3v) is 5.06. The van der Waals surface area contributed by atoms with Crippen LogP contribution >= 0.6 is 0 Å². The summed E-state index contributed by atoms with van der Waals surface area (Å²) in [5.74, 6) is -0.707. The number of aryl methyl sites for hydroxylation is 2. The van der Waals surface area contributed by atoms with Gasteiger partial charge in [-0.25, -0.2) is 0 Å². The lowest BCUT2D eigenvalue weighted by Crippen LogP contribution is -2.32. The molecule has 1 aromatic heterocycles. The van der Waals surface area contributed by atoms with Crippen molar-refractivity contribution in [1.29, 1.82) is 0 Å². The van der Waals surface area contributed by atoms with Gasteiger partial charge in [-0.15, -0.1) is 0 Å². The van der Waals surface area contributed by atoms with Gasteiger partial charge in [-0.05, 0) is 49.4 Å². The van der Waals surface area contributed by atoms with Gasteiger partial charge in [0.2, 0.25) is 0 Å². The zero-order valence-electron chi connectivity index (χ0n) is 18.6. The molecule has 0 atom stereocenters. The van der Waals surface area contributed by atoms with E-state index in [0.29, 0.717) is 12.2 Å². The molecule has 2 rings (SSSR count). The number of nitrogens with one attached hydrogen (secondary N) is 1.